The Hall–Kier alpha value is -2.18. The molecule has 0 aliphatic heterocycles. The van der Waals surface area contributed by atoms with Crippen LogP contribution in [0.1, 0.15) is 37.0 Å². The standard InChI is InChI=1S/C14H18F2N2O3/c1-3-4-5-18-13(19)8(2)21-14(20)9-6-10(15)11(16)7-12(9)17/h6-8H,3-5,17H2,1-2H3,(H,18,19). The first-order chi connectivity index (χ1) is 9.86. The highest BCUT2D eigenvalue weighted by Crippen LogP contribution is 2.18. The van der Waals surface area contributed by atoms with Crippen molar-refractivity contribution in [2.75, 3.05) is 12.3 Å². The van der Waals surface area contributed by atoms with Gasteiger partial charge in [0.2, 0.25) is 0 Å². The first-order valence-electron chi connectivity index (χ1n) is 6.60. The number of hydrogen-bond donors (Lipinski definition) is 2. The fourth-order valence-electron chi connectivity index (χ4n) is 1.55. The van der Waals surface area contributed by atoms with Crippen LogP contribution >= 0.6 is 0 Å². The second-order valence-corrected chi connectivity index (χ2v) is 4.55. The maximum absolute atomic E-state index is 13.1. The quantitative estimate of drug-likeness (QED) is 0.478. The van der Waals surface area contributed by atoms with Gasteiger partial charge in [-0.3, -0.25) is 4.79 Å². The van der Waals surface area contributed by atoms with Crippen molar-refractivity contribution >= 4 is 17.6 Å². The molecule has 0 fully saturated rings. The maximum atomic E-state index is 13.1. The van der Waals surface area contributed by atoms with Crippen molar-refractivity contribution in [3.8, 4) is 0 Å². The van der Waals surface area contributed by atoms with E-state index < -0.39 is 29.6 Å². The normalized spacial score (nSPS) is 11.8. The number of nitrogens with one attached hydrogen (secondary N) is 1. The molecule has 21 heavy (non-hydrogen) atoms. The maximum Gasteiger partial charge on any atom is 0.341 e. The SMILES string of the molecule is CCCCNC(=O)C(C)OC(=O)c1cc(F)c(F)cc1N. The summed E-state index contributed by atoms with van der Waals surface area (Å²) >= 11 is 0. The number of halogens is 2. The number of esters is 1. The fraction of sp³-hybridized carbons (Fsp3) is 0.429. The van der Waals surface area contributed by atoms with E-state index in [1.165, 1.54) is 6.92 Å². The van der Waals surface area contributed by atoms with E-state index in [0.29, 0.717) is 18.7 Å². The average Bonchev–Trinajstić information content (AvgIpc) is 2.42. The molecule has 1 aromatic carbocycles. The Labute approximate surface area is 121 Å². The molecule has 1 aromatic rings. The predicted octanol–water partition coefficient (Wildman–Crippen LogP) is 2.01. The molecule has 0 aromatic heterocycles. The Morgan fingerprint density at radius 1 is 1.33 bits per heavy atom. The molecular weight excluding hydrogens is 282 g/mol. The van der Waals surface area contributed by atoms with Crippen LogP contribution < -0.4 is 11.1 Å². The molecule has 0 heterocycles. The minimum atomic E-state index is -1.21. The van der Waals surface area contributed by atoms with E-state index >= 15 is 0 Å². The third kappa shape index (κ3) is 4.70. The highest BCUT2D eigenvalue weighted by Gasteiger charge is 2.21. The first-order valence-corrected chi connectivity index (χ1v) is 6.60. The van der Waals surface area contributed by atoms with Crippen LogP contribution in [0.25, 0.3) is 0 Å². The molecule has 3 N–H and O–H groups in total. The number of amides is 1. The van der Waals surface area contributed by atoms with E-state index in [1.54, 1.807) is 0 Å². The molecular formula is C14H18F2N2O3. The molecule has 0 spiro atoms. The molecule has 1 rings (SSSR count). The smallest absolute Gasteiger partial charge is 0.341 e. The lowest BCUT2D eigenvalue weighted by molar-refractivity contribution is -0.129. The number of unbranched alkanes of at least 4 members (excludes halogenated alkanes) is 1. The van der Waals surface area contributed by atoms with Crippen LogP contribution in [0.4, 0.5) is 14.5 Å². The zero-order valence-corrected chi connectivity index (χ0v) is 11.9. The fourth-order valence-corrected chi connectivity index (χ4v) is 1.55. The van der Waals surface area contributed by atoms with Crippen molar-refractivity contribution in [1.29, 1.82) is 0 Å². The minimum absolute atomic E-state index is 0.252. The number of hydrogen-bond acceptors (Lipinski definition) is 4. The van der Waals surface area contributed by atoms with Gasteiger partial charge in [0.05, 0.1) is 5.56 Å². The molecule has 5 nitrogen and oxygen atoms in total. The molecule has 116 valence electrons. The van der Waals surface area contributed by atoms with Crippen LogP contribution in [0, 0.1) is 11.6 Å². The summed E-state index contributed by atoms with van der Waals surface area (Å²) in [6.07, 6.45) is 0.671. The van der Waals surface area contributed by atoms with Gasteiger partial charge >= 0.3 is 5.97 Å². The average molecular weight is 300 g/mol. The van der Waals surface area contributed by atoms with Crippen LogP contribution in [-0.2, 0) is 9.53 Å². The minimum Gasteiger partial charge on any atom is -0.449 e. The summed E-state index contributed by atoms with van der Waals surface area (Å²) in [4.78, 5) is 23.4. The predicted molar refractivity (Wildman–Crippen MR) is 73.6 cm³/mol. The number of anilines is 1. The van der Waals surface area contributed by atoms with Crippen molar-refractivity contribution in [3.05, 3.63) is 29.3 Å². The van der Waals surface area contributed by atoms with Gasteiger partial charge in [0, 0.05) is 18.3 Å². The highest BCUT2D eigenvalue weighted by atomic mass is 19.2. The summed E-state index contributed by atoms with van der Waals surface area (Å²) < 4.78 is 30.9. The molecule has 0 aliphatic carbocycles. The lowest BCUT2D eigenvalue weighted by Crippen LogP contribution is -2.36. The number of carbonyl (C=O) groups excluding carboxylic acids is 2. The third-order valence-electron chi connectivity index (χ3n) is 2.79. The number of ether oxygens (including phenoxy) is 1. The monoisotopic (exact) mass is 300 g/mol. The number of nitrogens with two attached hydrogens (primary N) is 1. The highest BCUT2D eigenvalue weighted by molar-refractivity contribution is 5.96. The van der Waals surface area contributed by atoms with Gasteiger partial charge in [0.15, 0.2) is 17.7 Å². The van der Waals surface area contributed by atoms with E-state index in [0.717, 1.165) is 12.8 Å². The molecule has 0 saturated carbocycles. The van der Waals surface area contributed by atoms with Crippen molar-refractivity contribution in [1.82, 2.24) is 5.32 Å². The van der Waals surface area contributed by atoms with Crippen LogP contribution in [0.15, 0.2) is 12.1 Å². The van der Waals surface area contributed by atoms with Gasteiger partial charge in [0.25, 0.3) is 5.91 Å². The zero-order valence-electron chi connectivity index (χ0n) is 11.9. The molecule has 0 aliphatic rings. The Morgan fingerprint density at radius 3 is 2.57 bits per heavy atom. The van der Waals surface area contributed by atoms with Gasteiger partial charge in [-0.2, -0.15) is 0 Å². The summed E-state index contributed by atoms with van der Waals surface area (Å²) in [5.74, 6) is -3.81. The number of nitrogen functional groups attached to an aromatic ring is 1. The second kappa shape index (κ2) is 7.56. The van der Waals surface area contributed by atoms with Gasteiger partial charge in [-0.25, -0.2) is 13.6 Å². The molecule has 0 bridgehead atoms. The summed E-state index contributed by atoms with van der Waals surface area (Å²) in [7, 11) is 0. The molecule has 1 unspecified atom stereocenters. The lowest BCUT2D eigenvalue weighted by atomic mass is 10.1. The lowest BCUT2D eigenvalue weighted by Gasteiger charge is -2.14. The second-order valence-electron chi connectivity index (χ2n) is 4.55. The zero-order chi connectivity index (χ0) is 16.0. The van der Waals surface area contributed by atoms with Crippen molar-refractivity contribution < 1.29 is 23.1 Å². The van der Waals surface area contributed by atoms with Crippen LogP contribution in [0.2, 0.25) is 0 Å². The summed E-state index contributed by atoms with van der Waals surface area (Å²) in [5.41, 5.74) is 4.86. The van der Waals surface area contributed by atoms with Crippen LogP contribution in [-0.4, -0.2) is 24.5 Å². The van der Waals surface area contributed by atoms with E-state index in [-0.39, 0.29) is 11.3 Å². The van der Waals surface area contributed by atoms with Gasteiger partial charge < -0.3 is 15.8 Å². The van der Waals surface area contributed by atoms with E-state index in [1.807, 2.05) is 6.92 Å². The first kappa shape index (κ1) is 16.9. The van der Waals surface area contributed by atoms with Crippen molar-refractivity contribution in [3.63, 3.8) is 0 Å². The topological polar surface area (TPSA) is 81.4 Å². The van der Waals surface area contributed by atoms with Gasteiger partial charge in [-0.1, -0.05) is 13.3 Å². The van der Waals surface area contributed by atoms with Crippen molar-refractivity contribution in [2.24, 2.45) is 0 Å². The molecule has 0 saturated heterocycles. The Morgan fingerprint density at radius 2 is 1.95 bits per heavy atom. The van der Waals surface area contributed by atoms with Crippen LogP contribution in [0.5, 0.6) is 0 Å². The van der Waals surface area contributed by atoms with Crippen LogP contribution in [0.3, 0.4) is 0 Å². The van der Waals surface area contributed by atoms with E-state index in [4.69, 9.17) is 10.5 Å². The summed E-state index contributed by atoms with van der Waals surface area (Å²) in [6, 6.07) is 1.34. The number of benzene rings is 1. The Bertz CT molecular complexity index is 535. The molecule has 0 radical (unpaired) electrons. The Kier molecular flexibility index (Phi) is 6.08. The van der Waals surface area contributed by atoms with E-state index in [2.05, 4.69) is 5.32 Å². The van der Waals surface area contributed by atoms with Crippen molar-refractivity contribution in [2.45, 2.75) is 32.8 Å². The number of rotatable bonds is 6. The summed E-state index contributed by atoms with van der Waals surface area (Å²) in [5, 5.41) is 2.59. The van der Waals surface area contributed by atoms with E-state index in [9.17, 15) is 18.4 Å². The molecule has 1 atom stereocenters. The largest absolute Gasteiger partial charge is 0.449 e. The Balaban J connectivity index is 2.68. The third-order valence-corrected chi connectivity index (χ3v) is 2.79. The van der Waals surface area contributed by atoms with Gasteiger partial charge in [-0.05, 0) is 19.4 Å². The number of carbonyl (C=O) groups is 2. The summed E-state index contributed by atoms with van der Waals surface area (Å²) in [6.45, 7) is 3.83. The molecule has 7 heteroatoms. The molecule has 1 amide bonds. The van der Waals surface area contributed by atoms with Gasteiger partial charge in [-0.15, -0.1) is 0 Å². The van der Waals surface area contributed by atoms with Gasteiger partial charge in [0.1, 0.15) is 0 Å².